The molecular weight excluding hydrogens is 338 g/mol. The fraction of sp³-hybridized carbons (Fsp3) is 0.571. The van der Waals surface area contributed by atoms with E-state index < -0.39 is 0 Å². The van der Waals surface area contributed by atoms with Gasteiger partial charge in [0.05, 0.1) is 4.47 Å². The molecule has 1 aromatic carbocycles. The summed E-state index contributed by atoms with van der Waals surface area (Å²) in [4.78, 5) is 0. The molecule has 0 atom stereocenters. The lowest BCUT2D eigenvalue weighted by atomic mass is 9.78. The molecule has 0 aliphatic rings. The number of benzene rings is 1. The zero-order valence-electron chi connectivity index (χ0n) is 10.6. The van der Waals surface area contributed by atoms with Gasteiger partial charge in [0.1, 0.15) is 5.82 Å². The van der Waals surface area contributed by atoms with Crippen molar-refractivity contribution in [1.82, 2.24) is 0 Å². The number of alkyl halides is 2. The number of halogens is 4. The Bertz CT molecular complexity index is 389. The third-order valence-electron chi connectivity index (χ3n) is 3.01. The molecule has 4 heteroatoms. The molecule has 1 rings (SSSR count). The Morgan fingerprint density at radius 2 is 1.89 bits per heavy atom. The van der Waals surface area contributed by atoms with Crippen molar-refractivity contribution in [2.45, 2.75) is 26.7 Å². The molecule has 0 heterocycles. The summed E-state index contributed by atoms with van der Waals surface area (Å²) < 4.78 is 14.0. The lowest BCUT2D eigenvalue weighted by molar-refractivity contribution is 0.295. The van der Waals surface area contributed by atoms with Crippen molar-refractivity contribution >= 4 is 39.1 Å². The molecule has 0 saturated carbocycles. The summed E-state index contributed by atoms with van der Waals surface area (Å²) in [6.45, 7) is 4.29. The van der Waals surface area contributed by atoms with Gasteiger partial charge in [0, 0.05) is 17.2 Å². The van der Waals surface area contributed by atoms with E-state index in [1.54, 1.807) is 6.07 Å². The highest BCUT2D eigenvalue weighted by Gasteiger charge is 2.30. The van der Waals surface area contributed by atoms with Crippen LogP contribution in [0.3, 0.4) is 0 Å². The van der Waals surface area contributed by atoms with Crippen molar-refractivity contribution in [3.63, 3.8) is 0 Å². The molecule has 0 radical (unpaired) electrons. The van der Waals surface area contributed by atoms with E-state index in [9.17, 15) is 4.39 Å². The zero-order valence-corrected chi connectivity index (χ0v) is 13.7. The second-order valence-electron chi connectivity index (χ2n) is 5.25. The molecule has 0 aromatic heterocycles. The Morgan fingerprint density at radius 3 is 2.39 bits per heavy atom. The van der Waals surface area contributed by atoms with E-state index in [2.05, 4.69) is 29.8 Å². The first-order valence-corrected chi connectivity index (χ1v) is 7.85. The van der Waals surface area contributed by atoms with Crippen LogP contribution in [0.1, 0.15) is 25.8 Å². The van der Waals surface area contributed by atoms with Crippen LogP contribution in [0.25, 0.3) is 0 Å². The molecule has 0 unspecified atom stereocenters. The molecule has 0 N–H and O–H groups in total. The van der Waals surface area contributed by atoms with Gasteiger partial charge < -0.3 is 0 Å². The van der Waals surface area contributed by atoms with Crippen LogP contribution in [-0.2, 0) is 6.42 Å². The topological polar surface area (TPSA) is 0 Å². The largest absolute Gasteiger partial charge is 0.206 e. The average molecular weight is 356 g/mol. The van der Waals surface area contributed by atoms with Crippen LogP contribution in [0.4, 0.5) is 4.39 Å². The van der Waals surface area contributed by atoms with Crippen molar-refractivity contribution in [2.75, 3.05) is 11.8 Å². The van der Waals surface area contributed by atoms with E-state index in [1.807, 2.05) is 6.07 Å². The molecule has 0 aliphatic carbocycles. The maximum atomic E-state index is 13.5. The van der Waals surface area contributed by atoms with Gasteiger partial charge in [-0.1, -0.05) is 26.0 Å². The van der Waals surface area contributed by atoms with Gasteiger partial charge in [0.25, 0.3) is 0 Å². The maximum absolute atomic E-state index is 13.5. The van der Waals surface area contributed by atoms with Crippen molar-refractivity contribution in [1.29, 1.82) is 0 Å². The standard InChI is InChI=1S/C14H18BrCl2F/c1-10(2)6-14(8-16,9-17)7-11-4-3-5-12(18)13(11)15/h3-5,10H,6-9H2,1-2H3. The van der Waals surface area contributed by atoms with Crippen LogP contribution in [0.5, 0.6) is 0 Å². The summed E-state index contributed by atoms with van der Waals surface area (Å²) in [5.41, 5.74) is 0.755. The molecule has 0 saturated heterocycles. The smallest absolute Gasteiger partial charge is 0.137 e. The quantitative estimate of drug-likeness (QED) is 0.579. The molecule has 0 fully saturated rings. The maximum Gasteiger partial charge on any atom is 0.137 e. The molecule has 0 amide bonds. The van der Waals surface area contributed by atoms with Crippen molar-refractivity contribution in [3.05, 3.63) is 34.1 Å². The minimum Gasteiger partial charge on any atom is -0.206 e. The first kappa shape index (κ1) is 16.3. The summed E-state index contributed by atoms with van der Waals surface area (Å²) in [7, 11) is 0. The normalized spacial score (nSPS) is 12.2. The van der Waals surface area contributed by atoms with Crippen molar-refractivity contribution < 1.29 is 4.39 Å². The fourth-order valence-electron chi connectivity index (χ4n) is 2.27. The third-order valence-corrected chi connectivity index (χ3v) is 5.03. The lowest BCUT2D eigenvalue weighted by Crippen LogP contribution is -2.30. The summed E-state index contributed by atoms with van der Waals surface area (Å²) in [6, 6.07) is 5.08. The predicted molar refractivity (Wildman–Crippen MR) is 81.1 cm³/mol. The molecule has 0 aliphatic heterocycles. The Kier molecular flexibility index (Phi) is 6.43. The number of hydrogen-bond acceptors (Lipinski definition) is 0. The molecule has 1 aromatic rings. The first-order valence-electron chi connectivity index (χ1n) is 5.99. The van der Waals surface area contributed by atoms with Crippen LogP contribution < -0.4 is 0 Å². The minimum absolute atomic E-state index is 0.173. The van der Waals surface area contributed by atoms with E-state index in [4.69, 9.17) is 23.2 Å². The summed E-state index contributed by atoms with van der Waals surface area (Å²) in [5, 5.41) is 0. The predicted octanol–water partition coefficient (Wildman–Crippen LogP) is 5.64. The Labute approximate surface area is 127 Å². The van der Waals surface area contributed by atoms with E-state index in [1.165, 1.54) is 6.07 Å². The van der Waals surface area contributed by atoms with Gasteiger partial charge in [-0.05, 0) is 46.3 Å². The molecule has 0 bridgehead atoms. The summed E-state index contributed by atoms with van der Waals surface area (Å²) in [5.74, 6) is 1.24. The number of hydrogen-bond donors (Lipinski definition) is 0. The van der Waals surface area contributed by atoms with Gasteiger partial charge in [0.2, 0.25) is 0 Å². The zero-order chi connectivity index (χ0) is 13.8. The summed E-state index contributed by atoms with van der Waals surface area (Å²) >= 11 is 15.5. The van der Waals surface area contributed by atoms with E-state index in [0.717, 1.165) is 12.0 Å². The second-order valence-corrected chi connectivity index (χ2v) is 6.58. The molecule has 0 nitrogen and oxygen atoms in total. The SMILES string of the molecule is CC(C)CC(CCl)(CCl)Cc1cccc(F)c1Br. The fourth-order valence-corrected chi connectivity index (χ4v) is 3.36. The second kappa shape index (κ2) is 7.12. The highest BCUT2D eigenvalue weighted by atomic mass is 79.9. The Morgan fingerprint density at radius 1 is 1.28 bits per heavy atom. The van der Waals surface area contributed by atoms with Crippen LogP contribution >= 0.6 is 39.1 Å². The monoisotopic (exact) mass is 354 g/mol. The molecule has 102 valence electrons. The highest BCUT2D eigenvalue weighted by Crippen LogP contribution is 2.36. The van der Waals surface area contributed by atoms with Crippen LogP contribution in [0.2, 0.25) is 0 Å². The number of rotatable bonds is 6. The summed E-state index contributed by atoms with van der Waals surface area (Å²) in [6.07, 6.45) is 1.62. The van der Waals surface area contributed by atoms with Gasteiger partial charge in [-0.25, -0.2) is 4.39 Å². The average Bonchev–Trinajstić information content (AvgIpc) is 2.33. The van der Waals surface area contributed by atoms with Gasteiger partial charge in [0.15, 0.2) is 0 Å². The first-order chi connectivity index (χ1) is 8.44. The van der Waals surface area contributed by atoms with Gasteiger partial charge >= 0.3 is 0 Å². The van der Waals surface area contributed by atoms with Crippen LogP contribution in [0, 0.1) is 17.2 Å². The minimum atomic E-state index is -0.241. The Hall–Kier alpha value is 0.210. The lowest BCUT2D eigenvalue weighted by Gasteiger charge is -2.32. The third kappa shape index (κ3) is 4.11. The Balaban J connectivity index is 2.99. The van der Waals surface area contributed by atoms with E-state index in [0.29, 0.717) is 28.6 Å². The van der Waals surface area contributed by atoms with E-state index in [-0.39, 0.29) is 11.2 Å². The van der Waals surface area contributed by atoms with Crippen molar-refractivity contribution in [3.8, 4) is 0 Å². The molecule has 0 spiro atoms. The van der Waals surface area contributed by atoms with Crippen molar-refractivity contribution in [2.24, 2.45) is 11.3 Å². The van der Waals surface area contributed by atoms with Gasteiger partial charge in [-0.15, -0.1) is 23.2 Å². The van der Waals surface area contributed by atoms with Crippen LogP contribution in [-0.4, -0.2) is 11.8 Å². The molecular formula is C14H18BrCl2F. The van der Waals surface area contributed by atoms with Crippen LogP contribution in [0.15, 0.2) is 22.7 Å². The molecule has 18 heavy (non-hydrogen) atoms. The van der Waals surface area contributed by atoms with Gasteiger partial charge in [-0.2, -0.15) is 0 Å². The highest BCUT2D eigenvalue weighted by molar-refractivity contribution is 9.10. The van der Waals surface area contributed by atoms with E-state index >= 15 is 0 Å². The van der Waals surface area contributed by atoms with Gasteiger partial charge in [-0.3, -0.25) is 0 Å².